The van der Waals surface area contributed by atoms with Crippen LogP contribution < -0.4 is 0 Å². The lowest BCUT2D eigenvalue weighted by atomic mass is 9.83. The van der Waals surface area contributed by atoms with Crippen molar-refractivity contribution in [3.05, 3.63) is 78.1 Å². The number of hydrogen-bond donors (Lipinski definition) is 0. The van der Waals surface area contributed by atoms with Crippen LogP contribution in [0.15, 0.2) is 67.0 Å². The van der Waals surface area contributed by atoms with Gasteiger partial charge in [0.15, 0.2) is 0 Å². The van der Waals surface area contributed by atoms with Crippen molar-refractivity contribution in [2.24, 2.45) is 5.92 Å². The van der Waals surface area contributed by atoms with Gasteiger partial charge in [-0.1, -0.05) is 48.9 Å². The Labute approximate surface area is 203 Å². The van der Waals surface area contributed by atoms with Gasteiger partial charge in [-0.3, -0.25) is 4.79 Å². The first-order valence-electron chi connectivity index (χ1n) is 11.7. The van der Waals surface area contributed by atoms with Crippen molar-refractivity contribution >= 4 is 11.5 Å². The smallest absolute Gasteiger partial charge is 0.307 e. The average Bonchev–Trinajstić information content (AvgIpc) is 2.87. The van der Waals surface area contributed by atoms with Gasteiger partial charge in [-0.25, -0.2) is 0 Å². The van der Waals surface area contributed by atoms with Crippen LogP contribution in [0.5, 0.6) is 0 Å². The van der Waals surface area contributed by atoms with Crippen LogP contribution in [-0.4, -0.2) is 38.5 Å². The minimum Gasteiger partial charge on any atom is -0.489 e. The van der Waals surface area contributed by atoms with E-state index >= 15 is 0 Å². The minimum atomic E-state index is -0.288. The zero-order chi connectivity index (χ0) is 24.2. The van der Waals surface area contributed by atoms with Crippen molar-refractivity contribution < 1.29 is 23.7 Å². The molecule has 1 heterocycles. The predicted octanol–water partition coefficient (Wildman–Crippen LogP) is 5.38. The van der Waals surface area contributed by atoms with Crippen LogP contribution in [0.25, 0.3) is 5.57 Å². The summed E-state index contributed by atoms with van der Waals surface area (Å²) < 4.78 is 22.4. The minimum absolute atomic E-state index is 0.141. The van der Waals surface area contributed by atoms with Crippen LogP contribution in [-0.2, 0) is 30.3 Å². The standard InChI is InChI=1S/C29H34O5/c1-4-8-23(20-28(30)31-3)9-7-12-27(5-2)33-21-24-10-6-11-26(19-24)25-13-15-29(16-14-25)22-32-17-18-34-29/h5-7,9-13,19,23H,2,14-18,20-22H2,1,3H3/b9-7+,27-12+. The normalized spacial score (nSPS) is 21.4. The Balaban J connectivity index is 1.59. The zero-order valence-electron chi connectivity index (χ0n) is 20.2. The molecule has 0 radical (unpaired) electrons. The van der Waals surface area contributed by atoms with Crippen molar-refractivity contribution in [3.63, 3.8) is 0 Å². The Morgan fingerprint density at radius 2 is 2.24 bits per heavy atom. The highest BCUT2D eigenvalue weighted by molar-refractivity contribution is 5.70. The largest absolute Gasteiger partial charge is 0.489 e. The van der Waals surface area contributed by atoms with E-state index in [0.29, 0.717) is 32.2 Å². The summed E-state index contributed by atoms with van der Waals surface area (Å²) in [5.74, 6) is 6.00. The fraction of sp³-hybridized carbons (Fsp3) is 0.414. The lowest BCUT2D eigenvalue weighted by Crippen LogP contribution is -2.44. The molecule has 2 aliphatic rings. The SMILES string of the molecule is C=C/C(=C\C=C\C(C#CC)CC(=O)OC)OCc1cccc(C2=CCC3(CC2)COCCO3)c1. The van der Waals surface area contributed by atoms with E-state index in [-0.39, 0.29) is 23.9 Å². The molecule has 180 valence electrons. The Morgan fingerprint density at radius 3 is 2.91 bits per heavy atom. The number of carbonyl (C=O) groups excluding carboxylic acids is 1. The Kier molecular flexibility index (Phi) is 9.75. The molecule has 3 rings (SSSR count). The highest BCUT2D eigenvalue weighted by Gasteiger charge is 2.35. The van der Waals surface area contributed by atoms with Gasteiger partial charge in [-0.15, -0.1) is 5.92 Å². The highest BCUT2D eigenvalue weighted by atomic mass is 16.6. The van der Waals surface area contributed by atoms with Crippen molar-refractivity contribution in [2.45, 2.75) is 44.8 Å². The molecule has 2 atom stereocenters. The number of esters is 1. The van der Waals surface area contributed by atoms with Crippen LogP contribution in [0.4, 0.5) is 0 Å². The Bertz CT molecular complexity index is 999. The molecule has 2 unspecified atom stereocenters. The molecule has 0 aromatic heterocycles. The summed E-state index contributed by atoms with van der Waals surface area (Å²) in [4.78, 5) is 11.5. The quantitative estimate of drug-likeness (QED) is 0.213. The molecule has 0 bridgehead atoms. The lowest BCUT2D eigenvalue weighted by molar-refractivity contribution is -0.159. The van der Waals surface area contributed by atoms with Crippen molar-refractivity contribution in [1.82, 2.24) is 0 Å². The fourth-order valence-corrected chi connectivity index (χ4v) is 4.12. The van der Waals surface area contributed by atoms with Crippen molar-refractivity contribution in [2.75, 3.05) is 26.9 Å². The van der Waals surface area contributed by atoms with E-state index in [1.807, 2.05) is 18.2 Å². The maximum Gasteiger partial charge on any atom is 0.307 e. The van der Waals surface area contributed by atoms with Gasteiger partial charge in [-0.05, 0) is 61.1 Å². The van der Waals surface area contributed by atoms with Gasteiger partial charge in [0.25, 0.3) is 0 Å². The van der Waals surface area contributed by atoms with Crippen molar-refractivity contribution in [1.29, 1.82) is 0 Å². The third kappa shape index (κ3) is 7.48. The molecule has 1 saturated heterocycles. The van der Waals surface area contributed by atoms with Gasteiger partial charge in [-0.2, -0.15) is 0 Å². The summed E-state index contributed by atoms with van der Waals surface area (Å²) in [7, 11) is 1.38. The van der Waals surface area contributed by atoms with Gasteiger partial charge in [0.05, 0.1) is 39.0 Å². The second-order valence-corrected chi connectivity index (χ2v) is 8.45. The molecule has 1 aromatic rings. The fourth-order valence-electron chi connectivity index (χ4n) is 4.12. The number of hydrogen-bond acceptors (Lipinski definition) is 5. The monoisotopic (exact) mass is 462 g/mol. The first kappa shape index (κ1) is 25.6. The van der Waals surface area contributed by atoms with Crippen LogP contribution in [0.1, 0.15) is 43.7 Å². The zero-order valence-corrected chi connectivity index (χ0v) is 20.2. The molecule has 0 saturated carbocycles. The molecule has 1 fully saturated rings. The Hall–Kier alpha value is -3.07. The number of allylic oxidation sites excluding steroid dienone is 5. The number of methoxy groups -OCH3 is 1. The summed E-state index contributed by atoms with van der Waals surface area (Å²) in [6, 6.07) is 8.46. The summed E-state index contributed by atoms with van der Waals surface area (Å²) in [6.07, 6.45) is 12.6. The summed E-state index contributed by atoms with van der Waals surface area (Å²) in [5.41, 5.74) is 3.52. The molecular weight excluding hydrogens is 428 g/mol. The van der Waals surface area contributed by atoms with Gasteiger partial charge < -0.3 is 18.9 Å². The van der Waals surface area contributed by atoms with Crippen LogP contribution in [0.3, 0.4) is 0 Å². The summed E-state index contributed by atoms with van der Waals surface area (Å²) in [5, 5.41) is 0. The molecular formula is C29H34O5. The second-order valence-electron chi connectivity index (χ2n) is 8.45. The molecule has 1 spiro atoms. The first-order valence-corrected chi connectivity index (χ1v) is 11.7. The van der Waals surface area contributed by atoms with E-state index in [4.69, 9.17) is 18.9 Å². The van der Waals surface area contributed by atoms with E-state index in [9.17, 15) is 4.79 Å². The molecule has 5 nitrogen and oxygen atoms in total. The first-order chi connectivity index (χ1) is 16.6. The molecule has 0 amide bonds. The van der Waals surface area contributed by atoms with E-state index in [1.165, 1.54) is 18.2 Å². The van der Waals surface area contributed by atoms with E-state index in [2.05, 4.69) is 48.8 Å². The number of rotatable bonds is 9. The third-order valence-electron chi connectivity index (χ3n) is 6.02. The lowest BCUT2D eigenvalue weighted by Gasteiger charge is -2.39. The third-order valence-corrected chi connectivity index (χ3v) is 6.02. The summed E-state index contributed by atoms with van der Waals surface area (Å²) in [6.45, 7) is 8.09. The molecule has 34 heavy (non-hydrogen) atoms. The maximum atomic E-state index is 11.5. The van der Waals surface area contributed by atoms with Crippen LogP contribution in [0, 0.1) is 17.8 Å². The average molecular weight is 463 g/mol. The molecule has 0 N–H and O–H groups in total. The maximum absolute atomic E-state index is 11.5. The van der Waals surface area contributed by atoms with E-state index < -0.39 is 0 Å². The van der Waals surface area contributed by atoms with Crippen LogP contribution >= 0.6 is 0 Å². The molecule has 1 aliphatic carbocycles. The predicted molar refractivity (Wildman–Crippen MR) is 134 cm³/mol. The highest BCUT2D eigenvalue weighted by Crippen LogP contribution is 2.36. The van der Waals surface area contributed by atoms with Gasteiger partial charge in [0, 0.05) is 5.92 Å². The summed E-state index contributed by atoms with van der Waals surface area (Å²) >= 11 is 0. The van der Waals surface area contributed by atoms with Crippen molar-refractivity contribution in [3.8, 4) is 11.8 Å². The Morgan fingerprint density at radius 1 is 1.35 bits per heavy atom. The topological polar surface area (TPSA) is 54.0 Å². The van der Waals surface area contributed by atoms with Gasteiger partial charge in [0.2, 0.25) is 0 Å². The number of ether oxygens (including phenoxy) is 4. The van der Waals surface area contributed by atoms with Gasteiger partial charge >= 0.3 is 5.97 Å². The second kappa shape index (κ2) is 13.0. The molecule has 5 heteroatoms. The molecule has 1 aliphatic heterocycles. The number of benzene rings is 1. The number of carbonyl (C=O) groups is 1. The molecule has 1 aromatic carbocycles. The van der Waals surface area contributed by atoms with E-state index in [0.717, 1.165) is 24.8 Å². The van der Waals surface area contributed by atoms with Gasteiger partial charge in [0.1, 0.15) is 12.4 Å². The van der Waals surface area contributed by atoms with E-state index in [1.54, 1.807) is 13.0 Å². The van der Waals surface area contributed by atoms with Crippen LogP contribution in [0.2, 0.25) is 0 Å².